The summed E-state index contributed by atoms with van der Waals surface area (Å²) in [5, 5.41) is 14.7. The van der Waals surface area contributed by atoms with Crippen molar-refractivity contribution in [2.24, 2.45) is 0 Å². The number of nitrogens with zero attached hydrogens (tertiary/aromatic N) is 4. The van der Waals surface area contributed by atoms with Crippen LogP contribution < -0.4 is 11.3 Å². The van der Waals surface area contributed by atoms with Gasteiger partial charge in [-0.1, -0.05) is 0 Å². The van der Waals surface area contributed by atoms with E-state index in [1.807, 2.05) is 0 Å². The SMILES string of the molecule is CCOC(=O)CCc1c(C)[nH]n(-c2c(F)c(F)c(-n3ncc(C#N)c3N)c(F)c2F)c1=O. The number of esters is 1. The van der Waals surface area contributed by atoms with Gasteiger partial charge in [0.25, 0.3) is 5.56 Å². The molecule has 0 radical (unpaired) electrons. The van der Waals surface area contributed by atoms with Crippen LogP contribution in [0.3, 0.4) is 0 Å². The molecule has 0 amide bonds. The normalized spacial score (nSPS) is 10.9. The molecule has 2 aromatic heterocycles. The first-order valence-electron chi connectivity index (χ1n) is 9.20. The maximum atomic E-state index is 14.8. The zero-order valence-corrected chi connectivity index (χ0v) is 16.8. The highest BCUT2D eigenvalue weighted by Crippen LogP contribution is 2.30. The Bertz CT molecular complexity index is 1290. The number of nitrogens with one attached hydrogen (secondary N) is 1. The molecule has 2 heterocycles. The summed E-state index contributed by atoms with van der Waals surface area (Å²) in [5.74, 6) is -8.69. The van der Waals surface area contributed by atoms with E-state index in [1.54, 1.807) is 13.0 Å². The van der Waals surface area contributed by atoms with Crippen molar-refractivity contribution in [1.29, 1.82) is 5.26 Å². The van der Waals surface area contributed by atoms with Gasteiger partial charge in [0.15, 0.2) is 23.3 Å². The maximum absolute atomic E-state index is 14.8. The molecule has 0 spiro atoms. The summed E-state index contributed by atoms with van der Waals surface area (Å²) in [4.78, 5) is 24.2. The third-order valence-corrected chi connectivity index (χ3v) is 4.66. The van der Waals surface area contributed by atoms with Gasteiger partial charge in [0, 0.05) is 17.7 Å². The predicted molar refractivity (Wildman–Crippen MR) is 102 cm³/mol. The molecule has 0 atom stereocenters. The molecule has 0 aliphatic carbocycles. The van der Waals surface area contributed by atoms with E-state index >= 15 is 0 Å². The lowest BCUT2D eigenvalue weighted by atomic mass is 10.1. The van der Waals surface area contributed by atoms with Crippen molar-refractivity contribution in [3.05, 3.63) is 56.6 Å². The Hall–Kier alpha value is -4.08. The molecule has 1 aromatic carbocycles. The number of benzene rings is 1. The second-order valence-corrected chi connectivity index (χ2v) is 6.58. The first kappa shape index (κ1) is 22.6. The van der Waals surface area contributed by atoms with Gasteiger partial charge in [0.1, 0.15) is 28.8 Å². The van der Waals surface area contributed by atoms with Crippen LogP contribution in [0.15, 0.2) is 11.0 Å². The second kappa shape index (κ2) is 8.58. The first-order chi connectivity index (χ1) is 15.1. The van der Waals surface area contributed by atoms with Gasteiger partial charge in [-0.2, -0.15) is 10.4 Å². The standard InChI is InChI=1S/C19H16F4N6O3/c1-3-32-11(30)5-4-10-8(2)27-29(19(10)31)17-14(22)12(20)16(13(21)15(17)23)28-18(25)9(6-24)7-26-28/h7,27H,3-5,25H2,1-2H3. The molecular weight excluding hydrogens is 436 g/mol. The van der Waals surface area contributed by atoms with Gasteiger partial charge in [-0.3, -0.25) is 14.7 Å². The monoisotopic (exact) mass is 452 g/mol. The Morgan fingerprint density at radius 2 is 1.81 bits per heavy atom. The van der Waals surface area contributed by atoms with Crippen LogP contribution in [-0.4, -0.2) is 32.1 Å². The Morgan fingerprint density at radius 1 is 1.22 bits per heavy atom. The van der Waals surface area contributed by atoms with Crippen LogP contribution in [-0.2, 0) is 16.0 Å². The van der Waals surface area contributed by atoms with Crippen LogP contribution in [0.5, 0.6) is 0 Å². The number of carbonyl (C=O) groups excluding carboxylic acids is 1. The van der Waals surface area contributed by atoms with Gasteiger partial charge in [-0.05, 0) is 20.3 Å². The van der Waals surface area contributed by atoms with Gasteiger partial charge < -0.3 is 10.5 Å². The van der Waals surface area contributed by atoms with E-state index in [9.17, 15) is 27.2 Å². The fourth-order valence-electron chi connectivity index (χ4n) is 3.11. The van der Waals surface area contributed by atoms with Gasteiger partial charge in [-0.25, -0.2) is 26.9 Å². The van der Waals surface area contributed by atoms with Crippen molar-refractivity contribution >= 4 is 11.8 Å². The van der Waals surface area contributed by atoms with E-state index in [1.165, 1.54) is 6.92 Å². The molecule has 13 heteroatoms. The van der Waals surface area contributed by atoms with E-state index in [0.717, 1.165) is 6.20 Å². The van der Waals surface area contributed by atoms with E-state index in [0.29, 0.717) is 9.36 Å². The van der Waals surface area contributed by atoms with Crippen LogP contribution >= 0.6 is 0 Å². The topological polar surface area (TPSA) is 132 Å². The maximum Gasteiger partial charge on any atom is 0.306 e. The average Bonchev–Trinajstić information content (AvgIpc) is 3.25. The van der Waals surface area contributed by atoms with Gasteiger partial charge in [0.2, 0.25) is 0 Å². The summed E-state index contributed by atoms with van der Waals surface area (Å²) in [5.41, 5.74) is 1.80. The zero-order chi connectivity index (χ0) is 23.7. The number of aromatic amines is 1. The number of nitriles is 1. The minimum absolute atomic E-state index is 0.0169. The number of ether oxygens (including phenoxy) is 1. The predicted octanol–water partition coefficient (Wildman–Crippen LogP) is 2.17. The molecule has 0 saturated heterocycles. The van der Waals surface area contributed by atoms with E-state index in [4.69, 9.17) is 15.7 Å². The number of nitrogens with two attached hydrogens (primary N) is 1. The zero-order valence-electron chi connectivity index (χ0n) is 16.8. The van der Waals surface area contributed by atoms with Crippen LogP contribution in [0.25, 0.3) is 11.4 Å². The summed E-state index contributed by atoms with van der Waals surface area (Å²) in [6, 6.07) is 1.61. The van der Waals surface area contributed by atoms with E-state index in [-0.39, 0.29) is 36.3 Å². The minimum atomic E-state index is -1.90. The molecule has 9 nitrogen and oxygen atoms in total. The lowest BCUT2D eigenvalue weighted by Gasteiger charge is -2.13. The molecule has 0 fully saturated rings. The molecule has 0 unspecified atom stereocenters. The minimum Gasteiger partial charge on any atom is -0.466 e. The molecule has 3 N–H and O–H groups in total. The van der Waals surface area contributed by atoms with Crippen molar-refractivity contribution < 1.29 is 27.1 Å². The molecule has 32 heavy (non-hydrogen) atoms. The molecule has 168 valence electrons. The van der Waals surface area contributed by atoms with Crippen LogP contribution in [0.1, 0.15) is 30.2 Å². The number of carbonyl (C=O) groups is 1. The number of rotatable bonds is 6. The fourth-order valence-corrected chi connectivity index (χ4v) is 3.11. The summed E-state index contributed by atoms with van der Waals surface area (Å²) >= 11 is 0. The van der Waals surface area contributed by atoms with Crippen molar-refractivity contribution in [3.8, 4) is 17.4 Å². The molecule has 0 aliphatic heterocycles. The summed E-state index contributed by atoms with van der Waals surface area (Å²) in [7, 11) is 0. The Kier molecular flexibility index (Phi) is 6.06. The van der Waals surface area contributed by atoms with Crippen molar-refractivity contribution in [2.45, 2.75) is 26.7 Å². The summed E-state index contributed by atoms with van der Waals surface area (Å²) in [6.07, 6.45) is 0.556. The molecule has 0 saturated carbocycles. The van der Waals surface area contributed by atoms with Crippen molar-refractivity contribution in [1.82, 2.24) is 19.6 Å². The summed E-state index contributed by atoms with van der Waals surface area (Å²) in [6.45, 7) is 3.12. The number of anilines is 1. The van der Waals surface area contributed by atoms with Crippen LogP contribution in [0.4, 0.5) is 23.4 Å². The number of halogens is 4. The number of hydrogen-bond donors (Lipinski definition) is 2. The second-order valence-electron chi connectivity index (χ2n) is 6.58. The van der Waals surface area contributed by atoms with E-state index < -0.39 is 52.0 Å². The Balaban J connectivity index is 2.14. The number of H-pyrrole nitrogens is 1. The van der Waals surface area contributed by atoms with Crippen molar-refractivity contribution in [2.75, 3.05) is 12.3 Å². The smallest absolute Gasteiger partial charge is 0.306 e. The quantitative estimate of drug-likeness (QED) is 0.335. The molecule has 0 bridgehead atoms. The third kappa shape index (κ3) is 3.59. The highest BCUT2D eigenvalue weighted by Gasteiger charge is 2.31. The summed E-state index contributed by atoms with van der Waals surface area (Å²) < 4.78 is 64.7. The lowest BCUT2D eigenvalue weighted by Crippen LogP contribution is -2.23. The van der Waals surface area contributed by atoms with Crippen molar-refractivity contribution in [3.63, 3.8) is 0 Å². The molecule has 3 aromatic rings. The van der Waals surface area contributed by atoms with Crippen LogP contribution in [0.2, 0.25) is 0 Å². The third-order valence-electron chi connectivity index (χ3n) is 4.66. The highest BCUT2D eigenvalue weighted by atomic mass is 19.2. The fraction of sp³-hybridized carbons (Fsp3) is 0.263. The highest BCUT2D eigenvalue weighted by molar-refractivity contribution is 5.69. The van der Waals surface area contributed by atoms with Gasteiger partial charge >= 0.3 is 5.97 Å². The van der Waals surface area contributed by atoms with E-state index in [2.05, 4.69) is 10.2 Å². The lowest BCUT2D eigenvalue weighted by molar-refractivity contribution is -0.143. The van der Waals surface area contributed by atoms with Gasteiger partial charge in [-0.15, -0.1) is 0 Å². The first-order valence-corrected chi connectivity index (χ1v) is 9.20. The molecular formula is C19H16F4N6O3. The van der Waals surface area contributed by atoms with Crippen LogP contribution in [0, 0.1) is 41.5 Å². The number of hydrogen-bond acceptors (Lipinski definition) is 6. The molecule has 3 rings (SSSR count). The number of nitrogen functional groups attached to an aromatic ring is 1. The molecule has 0 aliphatic rings. The Labute approximate surface area is 177 Å². The number of aromatic nitrogens is 4. The largest absolute Gasteiger partial charge is 0.466 e. The average molecular weight is 452 g/mol. The number of aryl methyl sites for hydroxylation is 1. The van der Waals surface area contributed by atoms with Gasteiger partial charge in [0.05, 0.1) is 12.8 Å². The Morgan fingerprint density at radius 3 is 2.34 bits per heavy atom.